The van der Waals surface area contributed by atoms with Crippen molar-refractivity contribution in [2.75, 3.05) is 0 Å². The van der Waals surface area contributed by atoms with E-state index < -0.39 is 7.92 Å². The van der Waals surface area contributed by atoms with Gasteiger partial charge in [0.05, 0.1) is 0 Å². The molecule has 0 N–H and O–H groups in total. The van der Waals surface area contributed by atoms with Crippen LogP contribution >= 0.6 is 17.2 Å². The highest BCUT2D eigenvalue weighted by Gasteiger charge is 2.19. The monoisotopic (exact) mass is 344 g/mol. The van der Waals surface area contributed by atoms with Crippen molar-refractivity contribution in [3.8, 4) is 0 Å². The van der Waals surface area contributed by atoms with Crippen molar-refractivity contribution >= 4 is 49.2 Å². The Morgan fingerprint density at radius 1 is 0.542 bits per heavy atom. The molecule has 0 heterocycles. The first kappa shape index (κ1) is 15.5. The van der Waals surface area contributed by atoms with Gasteiger partial charge < -0.3 is 0 Å². The van der Waals surface area contributed by atoms with Gasteiger partial charge in [0.15, 0.2) is 0 Å². The predicted molar refractivity (Wildman–Crippen MR) is 112 cm³/mol. The van der Waals surface area contributed by atoms with Crippen LogP contribution in [-0.2, 0) is 0 Å². The number of fused-ring (bicyclic) bond motifs is 1. The first-order valence-electron chi connectivity index (χ1n) is 8.02. The second-order valence-corrected chi connectivity index (χ2v) is 8.54. The van der Waals surface area contributed by atoms with E-state index in [1.165, 1.54) is 32.0 Å². The maximum atomic E-state index is 2.91. The van der Waals surface area contributed by atoms with Gasteiger partial charge in [0.1, 0.15) is 0 Å². The quantitative estimate of drug-likeness (QED) is 0.491. The molecule has 1 unspecified atom stereocenters. The van der Waals surface area contributed by atoms with Crippen molar-refractivity contribution in [3.05, 3.63) is 97.1 Å². The van der Waals surface area contributed by atoms with Gasteiger partial charge in [-0.05, 0) is 39.9 Å². The molecule has 24 heavy (non-hydrogen) atoms. The fourth-order valence-electron chi connectivity index (χ4n) is 3.12. The molecule has 4 rings (SSSR count). The zero-order chi connectivity index (χ0) is 16.4. The van der Waals surface area contributed by atoms with Crippen LogP contribution in [0, 0.1) is 0 Å². The Balaban J connectivity index is 2.02. The largest absolute Gasteiger partial charge is 0.105 e. The van der Waals surface area contributed by atoms with Gasteiger partial charge in [-0.25, -0.2) is 0 Å². The van der Waals surface area contributed by atoms with E-state index in [0.29, 0.717) is 0 Å². The molecule has 4 aromatic carbocycles. The van der Waals surface area contributed by atoms with E-state index in [9.17, 15) is 0 Å². The van der Waals surface area contributed by atoms with Gasteiger partial charge in [0.2, 0.25) is 0 Å². The third-order valence-corrected chi connectivity index (χ3v) is 7.15. The lowest BCUT2D eigenvalue weighted by Gasteiger charge is -2.22. The van der Waals surface area contributed by atoms with Gasteiger partial charge in [0, 0.05) is 0 Å². The van der Waals surface area contributed by atoms with Gasteiger partial charge in [-0.2, -0.15) is 0 Å². The molecule has 0 radical (unpaired) electrons. The zero-order valence-electron chi connectivity index (χ0n) is 13.3. The van der Waals surface area contributed by atoms with Crippen LogP contribution in [0.1, 0.15) is 0 Å². The Bertz CT molecular complexity index is 918. The predicted octanol–water partition coefficient (Wildman–Crippen LogP) is 4.10. The zero-order valence-corrected chi connectivity index (χ0v) is 15.3. The highest BCUT2D eigenvalue weighted by Crippen LogP contribution is 2.35. The van der Waals surface area contributed by atoms with Gasteiger partial charge in [0.25, 0.3) is 0 Å². The second kappa shape index (κ2) is 6.86. The Morgan fingerprint density at radius 2 is 1.08 bits per heavy atom. The van der Waals surface area contributed by atoms with Crippen LogP contribution < -0.4 is 21.2 Å². The van der Waals surface area contributed by atoms with Crippen molar-refractivity contribution in [1.82, 2.24) is 0 Å². The summed E-state index contributed by atoms with van der Waals surface area (Å²) in [7, 11) is 2.33. The van der Waals surface area contributed by atoms with Gasteiger partial charge in [-0.15, -0.1) is 9.24 Å². The highest BCUT2D eigenvalue weighted by atomic mass is 31.1. The van der Waals surface area contributed by atoms with Crippen molar-refractivity contribution < 1.29 is 0 Å². The number of benzene rings is 4. The lowest BCUT2D eigenvalue weighted by atomic mass is 10.1. The Hall–Kier alpha value is -2.00. The van der Waals surface area contributed by atoms with Crippen LogP contribution in [0.4, 0.5) is 0 Å². The molecule has 0 saturated carbocycles. The smallest absolute Gasteiger partial charge is 0.00286 e. The van der Waals surface area contributed by atoms with E-state index in [1.807, 2.05) is 0 Å². The summed E-state index contributed by atoms with van der Waals surface area (Å²) < 4.78 is 0. The summed E-state index contributed by atoms with van der Waals surface area (Å²) in [6.45, 7) is 0. The third-order valence-electron chi connectivity index (χ3n) is 4.18. The number of hydrogen-bond donors (Lipinski definition) is 0. The Kier molecular flexibility index (Phi) is 4.44. The molecule has 0 nitrogen and oxygen atoms in total. The lowest BCUT2D eigenvalue weighted by molar-refractivity contribution is 1.75. The van der Waals surface area contributed by atoms with Crippen molar-refractivity contribution in [3.63, 3.8) is 0 Å². The SMILES string of the molecule is Pc1cccc2cccc(P(c3ccccc3)c3ccccc3)c12. The summed E-state index contributed by atoms with van der Waals surface area (Å²) in [4.78, 5) is 0. The van der Waals surface area contributed by atoms with E-state index in [4.69, 9.17) is 0 Å². The normalized spacial score (nSPS) is 11.1. The molecule has 2 heteroatoms. The van der Waals surface area contributed by atoms with Crippen LogP contribution in [0.25, 0.3) is 10.8 Å². The fourth-order valence-corrected chi connectivity index (χ4v) is 6.18. The molecule has 0 aromatic heterocycles. The standard InChI is InChI=1S/C22H18P2/c23-20-15-7-9-17-10-8-16-21(22(17)20)24(18-11-3-1-4-12-18)19-13-5-2-6-14-19/h1-16H,23H2. The molecule has 0 spiro atoms. The van der Waals surface area contributed by atoms with E-state index in [2.05, 4.69) is 106 Å². The third kappa shape index (κ3) is 2.89. The molecule has 0 aliphatic rings. The lowest BCUT2D eigenvalue weighted by Crippen LogP contribution is -2.22. The molecule has 4 aromatic rings. The maximum Gasteiger partial charge on any atom is -0.00286 e. The van der Waals surface area contributed by atoms with Crippen LogP contribution in [0.3, 0.4) is 0 Å². The average molecular weight is 344 g/mol. The minimum absolute atomic E-state index is 0.575. The summed E-state index contributed by atoms with van der Waals surface area (Å²) in [6, 6.07) is 34.9. The van der Waals surface area contributed by atoms with Gasteiger partial charge in [-0.3, -0.25) is 0 Å². The molecule has 0 fully saturated rings. The molecular formula is C22H18P2. The van der Waals surface area contributed by atoms with Crippen LogP contribution in [-0.4, -0.2) is 0 Å². The molecule has 1 atom stereocenters. The number of hydrogen-bond acceptors (Lipinski definition) is 0. The van der Waals surface area contributed by atoms with E-state index in [0.717, 1.165) is 0 Å². The fraction of sp³-hybridized carbons (Fsp3) is 0. The minimum atomic E-state index is -0.575. The molecule has 0 aliphatic heterocycles. The van der Waals surface area contributed by atoms with Crippen molar-refractivity contribution in [2.45, 2.75) is 0 Å². The first-order chi connectivity index (χ1) is 11.8. The van der Waals surface area contributed by atoms with E-state index in [-0.39, 0.29) is 0 Å². The molecule has 116 valence electrons. The molecule has 0 aliphatic carbocycles. The van der Waals surface area contributed by atoms with Gasteiger partial charge in [-0.1, -0.05) is 97.1 Å². The van der Waals surface area contributed by atoms with E-state index >= 15 is 0 Å². The molecule has 0 bridgehead atoms. The topological polar surface area (TPSA) is 0 Å². The van der Waals surface area contributed by atoms with Crippen LogP contribution in [0.15, 0.2) is 97.1 Å². The summed E-state index contributed by atoms with van der Waals surface area (Å²) in [5.41, 5.74) is 0. The summed E-state index contributed by atoms with van der Waals surface area (Å²) in [5, 5.41) is 8.13. The molecule has 0 saturated heterocycles. The van der Waals surface area contributed by atoms with Crippen molar-refractivity contribution in [2.24, 2.45) is 0 Å². The minimum Gasteiger partial charge on any atom is -0.105 e. The van der Waals surface area contributed by atoms with Gasteiger partial charge >= 0.3 is 0 Å². The summed E-state index contributed by atoms with van der Waals surface area (Å²) in [5.74, 6) is 0. The Morgan fingerprint density at radius 3 is 1.67 bits per heavy atom. The highest BCUT2D eigenvalue weighted by molar-refractivity contribution is 7.80. The molecule has 0 amide bonds. The number of rotatable bonds is 3. The van der Waals surface area contributed by atoms with E-state index in [1.54, 1.807) is 0 Å². The maximum absolute atomic E-state index is 2.91. The average Bonchev–Trinajstić information content (AvgIpc) is 2.64. The van der Waals surface area contributed by atoms with Crippen molar-refractivity contribution in [1.29, 1.82) is 0 Å². The summed E-state index contributed by atoms with van der Waals surface area (Å²) in [6.07, 6.45) is 0. The molecular weight excluding hydrogens is 326 g/mol. The Labute approximate surface area is 146 Å². The second-order valence-electron chi connectivity index (χ2n) is 5.73. The van der Waals surface area contributed by atoms with Crippen LogP contribution in [0.2, 0.25) is 0 Å². The first-order valence-corrected chi connectivity index (χ1v) is 9.94. The summed E-state index contributed by atoms with van der Waals surface area (Å²) >= 11 is 0. The van der Waals surface area contributed by atoms with Crippen LogP contribution in [0.5, 0.6) is 0 Å².